The molecule has 0 spiro atoms. The molecule has 3 atom stereocenters. The number of amides is 1. The number of aliphatic hydroxyl groups excluding tert-OH is 1. The SMILES string of the molecule is CCCCCC/C=C\CCCCCCCC(=O)NC(COP(=O)(O)OCC[N+](C)(C)C)C(O)/C=C/CC/C=C/CCCCCCCCCCCCCCCCCCCC. The van der Waals surface area contributed by atoms with Gasteiger partial charge < -0.3 is 19.8 Å². The molecule has 0 rings (SSSR count). The first kappa shape index (κ1) is 57.7. The predicted molar refractivity (Wildman–Crippen MR) is 254 cm³/mol. The van der Waals surface area contributed by atoms with Gasteiger partial charge in [-0.25, -0.2) is 4.57 Å². The van der Waals surface area contributed by atoms with Crippen LogP contribution in [0.2, 0.25) is 0 Å². The summed E-state index contributed by atoms with van der Waals surface area (Å²) in [6, 6.07) is -0.866. The smallest absolute Gasteiger partial charge is 0.387 e. The van der Waals surface area contributed by atoms with Crippen LogP contribution in [0, 0.1) is 0 Å². The summed E-state index contributed by atoms with van der Waals surface area (Å²) in [6.07, 6.45) is 52.3. The quantitative estimate of drug-likeness (QED) is 0.0244. The first-order chi connectivity index (χ1) is 28.5. The zero-order valence-electron chi connectivity index (χ0n) is 39.5. The summed E-state index contributed by atoms with van der Waals surface area (Å²) in [7, 11) is 1.55. The van der Waals surface area contributed by atoms with E-state index in [1.54, 1.807) is 6.08 Å². The number of hydrogen-bond acceptors (Lipinski definition) is 5. The molecule has 0 aromatic carbocycles. The van der Waals surface area contributed by atoms with Gasteiger partial charge in [0, 0.05) is 6.42 Å². The lowest BCUT2D eigenvalue weighted by molar-refractivity contribution is -0.870. The van der Waals surface area contributed by atoms with Crippen LogP contribution in [0.4, 0.5) is 0 Å². The lowest BCUT2D eigenvalue weighted by atomic mass is 10.0. The summed E-state index contributed by atoms with van der Waals surface area (Å²) in [4.78, 5) is 23.1. The Labute approximate surface area is 366 Å². The third-order valence-corrected chi connectivity index (χ3v) is 12.1. The predicted octanol–water partition coefficient (Wildman–Crippen LogP) is 14.3. The Morgan fingerprint density at radius 1 is 0.559 bits per heavy atom. The summed E-state index contributed by atoms with van der Waals surface area (Å²) in [6.45, 7) is 4.78. The molecular formula is C50H98N2O6P+. The second-order valence-corrected chi connectivity index (χ2v) is 19.6. The number of phosphoric acid groups is 1. The highest BCUT2D eigenvalue weighted by Gasteiger charge is 2.27. The second kappa shape index (κ2) is 42.0. The van der Waals surface area contributed by atoms with Gasteiger partial charge in [-0.05, 0) is 57.8 Å². The second-order valence-electron chi connectivity index (χ2n) is 18.2. The first-order valence-electron chi connectivity index (χ1n) is 24.9. The topological polar surface area (TPSA) is 105 Å². The van der Waals surface area contributed by atoms with Crippen molar-refractivity contribution < 1.29 is 32.9 Å². The van der Waals surface area contributed by atoms with E-state index >= 15 is 0 Å². The van der Waals surface area contributed by atoms with Crippen molar-refractivity contribution in [2.75, 3.05) is 40.9 Å². The average molecular weight is 854 g/mol. The molecule has 0 radical (unpaired) electrons. The van der Waals surface area contributed by atoms with Gasteiger partial charge >= 0.3 is 7.82 Å². The zero-order valence-corrected chi connectivity index (χ0v) is 40.4. The van der Waals surface area contributed by atoms with Crippen molar-refractivity contribution in [3.05, 3.63) is 36.5 Å². The van der Waals surface area contributed by atoms with Crippen LogP contribution in [0.15, 0.2) is 36.5 Å². The molecule has 3 unspecified atom stereocenters. The highest BCUT2D eigenvalue weighted by molar-refractivity contribution is 7.47. The fourth-order valence-corrected chi connectivity index (χ4v) is 7.85. The number of likely N-dealkylation sites (N-methyl/N-ethyl adjacent to an activating group) is 1. The van der Waals surface area contributed by atoms with Gasteiger partial charge in [0.05, 0.1) is 39.9 Å². The molecule has 0 aromatic rings. The van der Waals surface area contributed by atoms with Crippen molar-refractivity contribution in [1.82, 2.24) is 5.32 Å². The summed E-state index contributed by atoms with van der Waals surface area (Å²) in [5.74, 6) is -0.196. The molecule has 0 heterocycles. The number of carbonyl (C=O) groups excluding carboxylic acids is 1. The van der Waals surface area contributed by atoms with Crippen LogP contribution in [0.5, 0.6) is 0 Å². The number of aliphatic hydroxyl groups is 1. The van der Waals surface area contributed by atoms with Gasteiger partial charge in [0.1, 0.15) is 13.2 Å². The van der Waals surface area contributed by atoms with Crippen molar-refractivity contribution in [3.8, 4) is 0 Å². The molecule has 348 valence electrons. The number of quaternary nitrogens is 1. The number of hydrogen-bond donors (Lipinski definition) is 3. The van der Waals surface area contributed by atoms with Gasteiger partial charge in [-0.3, -0.25) is 13.8 Å². The maximum absolute atomic E-state index is 12.9. The third kappa shape index (κ3) is 44.6. The van der Waals surface area contributed by atoms with E-state index in [1.165, 1.54) is 154 Å². The number of unbranched alkanes of at least 4 members (excludes halogenated alkanes) is 28. The Hall–Kier alpha value is -1.28. The van der Waals surface area contributed by atoms with Gasteiger partial charge in [0.25, 0.3) is 0 Å². The normalized spacial score (nSPS) is 14.5. The molecule has 0 saturated heterocycles. The molecule has 0 aromatic heterocycles. The summed E-state index contributed by atoms with van der Waals surface area (Å²) in [5.41, 5.74) is 0. The van der Waals surface area contributed by atoms with Gasteiger partial charge in [0.15, 0.2) is 0 Å². The Bertz CT molecular complexity index is 1060. The molecule has 8 nitrogen and oxygen atoms in total. The van der Waals surface area contributed by atoms with Gasteiger partial charge in [-0.15, -0.1) is 0 Å². The van der Waals surface area contributed by atoms with Crippen LogP contribution < -0.4 is 5.32 Å². The fraction of sp³-hybridized carbons (Fsp3) is 0.860. The van der Waals surface area contributed by atoms with E-state index in [-0.39, 0.29) is 19.1 Å². The van der Waals surface area contributed by atoms with Crippen LogP contribution in [0.3, 0.4) is 0 Å². The fourth-order valence-electron chi connectivity index (χ4n) is 7.11. The molecule has 0 fully saturated rings. The zero-order chi connectivity index (χ0) is 43.6. The number of allylic oxidation sites excluding steroid dienone is 5. The van der Waals surface area contributed by atoms with E-state index in [0.717, 1.165) is 51.4 Å². The minimum absolute atomic E-state index is 0.0547. The highest BCUT2D eigenvalue weighted by atomic mass is 31.2. The number of nitrogens with one attached hydrogen (secondary N) is 1. The molecule has 1 amide bonds. The van der Waals surface area contributed by atoms with E-state index in [4.69, 9.17) is 9.05 Å². The van der Waals surface area contributed by atoms with Crippen molar-refractivity contribution >= 4 is 13.7 Å². The molecule has 0 aliphatic carbocycles. The maximum Gasteiger partial charge on any atom is 0.472 e. The Kier molecular flexibility index (Phi) is 41.1. The lowest BCUT2D eigenvalue weighted by Gasteiger charge is -2.25. The third-order valence-electron chi connectivity index (χ3n) is 11.1. The van der Waals surface area contributed by atoms with E-state index in [2.05, 4.69) is 43.5 Å². The molecule has 59 heavy (non-hydrogen) atoms. The van der Waals surface area contributed by atoms with Crippen LogP contribution >= 0.6 is 7.82 Å². The van der Waals surface area contributed by atoms with E-state index < -0.39 is 20.0 Å². The molecule has 0 aliphatic heterocycles. The van der Waals surface area contributed by atoms with E-state index in [1.807, 2.05) is 27.2 Å². The summed E-state index contributed by atoms with van der Waals surface area (Å²) >= 11 is 0. The van der Waals surface area contributed by atoms with E-state index in [0.29, 0.717) is 17.4 Å². The van der Waals surface area contributed by atoms with Crippen LogP contribution in [0.25, 0.3) is 0 Å². The largest absolute Gasteiger partial charge is 0.472 e. The number of carbonyl (C=O) groups is 1. The minimum Gasteiger partial charge on any atom is -0.387 e. The molecule has 0 aliphatic rings. The van der Waals surface area contributed by atoms with Gasteiger partial charge in [0.2, 0.25) is 5.91 Å². The number of nitrogens with zero attached hydrogens (tertiary/aromatic N) is 1. The van der Waals surface area contributed by atoms with Crippen molar-refractivity contribution in [2.24, 2.45) is 0 Å². The molecule has 0 saturated carbocycles. The minimum atomic E-state index is -4.35. The van der Waals surface area contributed by atoms with Crippen molar-refractivity contribution in [2.45, 2.75) is 238 Å². The standard InChI is InChI=1S/C50H97N2O6P/c1-6-8-10-12-14-16-18-20-21-22-23-24-25-26-27-28-29-30-32-33-35-37-39-41-43-49(53)48(47-58-59(55,56)57-46-45-52(3,4)5)51-50(54)44-42-40-38-36-34-31-19-17-15-13-11-9-7-2/h17,19,33,35,41,43,48-49,53H,6-16,18,20-32,34,36-40,42,44-47H2,1-5H3,(H-,51,54,55,56)/p+1/b19-17-,35-33+,43-41+. The first-order valence-corrected chi connectivity index (χ1v) is 26.4. The molecule has 0 bridgehead atoms. The van der Waals surface area contributed by atoms with Crippen molar-refractivity contribution in [3.63, 3.8) is 0 Å². The van der Waals surface area contributed by atoms with Gasteiger partial charge in [-0.1, -0.05) is 198 Å². The van der Waals surface area contributed by atoms with Crippen LogP contribution in [0.1, 0.15) is 226 Å². The Morgan fingerprint density at radius 2 is 0.932 bits per heavy atom. The van der Waals surface area contributed by atoms with Crippen LogP contribution in [-0.2, 0) is 18.4 Å². The average Bonchev–Trinajstić information content (AvgIpc) is 3.19. The van der Waals surface area contributed by atoms with Crippen molar-refractivity contribution in [1.29, 1.82) is 0 Å². The van der Waals surface area contributed by atoms with E-state index in [9.17, 15) is 19.4 Å². The monoisotopic (exact) mass is 854 g/mol. The van der Waals surface area contributed by atoms with Crippen LogP contribution in [-0.4, -0.2) is 73.4 Å². The molecule has 9 heteroatoms. The highest BCUT2D eigenvalue weighted by Crippen LogP contribution is 2.43. The van der Waals surface area contributed by atoms with Gasteiger partial charge in [-0.2, -0.15) is 0 Å². The number of phosphoric ester groups is 1. The molecule has 3 N–H and O–H groups in total. The maximum atomic E-state index is 12.9. The summed E-state index contributed by atoms with van der Waals surface area (Å²) < 4.78 is 23.6. The summed E-state index contributed by atoms with van der Waals surface area (Å²) in [5, 5.41) is 13.8. The molecular weight excluding hydrogens is 756 g/mol. The lowest BCUT2D eigenvalue weighted by Crippen LogP contribution is -2.45. The Balaban J connectivity index is 4.32. The Morgan fingerprint density at radius 3 is 1.37 bits per heavy atom. The number of rotatable bonds is 45.